The van der Waals surface area contributed by atoms with Gasteiger partial charge in [0.1, 0.15) is 25.3 Å². The number of benzene rings is 2. The highest BCUT2D eigenvalue weighted by molar-refractivity contribution is 9.10. The van der Waals surface area contributed by atoms with Crippen LogP contribution in [0.3, 0.4) is 0 Å². The number of aryl methyl sites for hydroxylation is 1. The van der Waals surface area contributed by atoms with Crippen LogP contribution in [0.4, 0.5) is 10.5 Å². The number of fused-ring (bicyclic) bond motifs is 1. The molecule has 0 aromatic heterocycles. The quantitative estimate of drug-likeness (QED) is 0.665. The Morgan fingerprint density at radius 3 is 2.63 bits per heavy atom. The SMILES string of the molecule is Cc1cc(NC(=O)CN2C(=O)NC(C)(c3ccc4c(c3)OCCO4)C2=O)ccc1Br. The van der Waals surface area contributed by atoms with Crippen LogP contribution in [0.1, 0.15) is 18.1 Å². The van der Waals surface area contributed by atoms with E-state index in [0.717, 1.165) is 14.9 Å². The van der Waals surface area contributed by atoms with Crippen LogP contribution < -0.4 is 20.1 Å². The summed E-state index contributed by atoms with van der Waals surface area (Å²) in [6.07, 6.45) is 0. The van der Waals surface area contributed by atoms with Gasteiger partial charge < -0.3 is 20.1 Å². The lowest BCUT2D eigenvalue weighted by Gasteiger charge is -2.25. The minimum atomic E-state index is -1.30. The molecule has 2 N–H and O–H groups in total. The third-order valence-corrected chi connectivity index (χ3v) is 6.03. The Bertz CT molecular complexity index is 1060. The van der Waals surface area contributed by atoms with Crippen molar-refractivity contribution in [1.29, 1.82) is 0 Å². The summed E-state index contributed by atoms with van der Waals surface area (Å²) in [5, 5.41) is 5.41. The Labute approximate surface area is 181 Å². The molecule has 2 aliphatic rings. The van der Waals surface area contributed by atoms with Gasteiger partial charge >= 0.3 is 6.03 Å². The van der Waals surface area contributed by atoms with Gasteiger partial charge in [-0.3, -0.25) is 14.5 Å². The van der Waals surface area contributed by atoms with Gasteiger partial charge in [0, 0.05) is 10.2 Å². The van der Waals surface area contributed by atoms with Gasteiger partial charge in [0.15, 0.2) is 11.5 Å². The van der Waals surface area contributed by atoms with Crippen molar-refractivity contribution in [3.63, 3.8) is 0 Å². The maximum absolute atomic E-state index is 13.1. The number of amides is 4. The minimum absolute atomic E-state index is 0.389. The van der Waals surface area contributed by atoms with Crippen LogP contribution in [0.2, 0.25) is 0 Å². The summed E-state index contributed by atoms with van der Waals surface area (Å²) in [5.41, 5.74) is 0.786. The Kier molecular flexibility index (Phi) is 5.15. The number of ether oxygens (including phenoxy) is 2. The maximum atomic E-state index is 13.1. The Morgan fingerprint density at radius 2 is 1.90 bits per heavy atom. The van der Waals surface area contributed by atoms with Gasteiger partial charge in [-0.05, 0) is 55.3 Å². The molecule has 0 saturated carbocycles. The van der Waals surface area contributed by atoms with Crippen molar-refractivity contribution in [3.8, 4) is 11.5 Å². The number of hydrogen-bond donors (Lipinski definition) is 2. The highest BCUT2D eigenvalue weighted by Crippen LogP contribution is 2.36. The third kappa shape index (κ3) is 3.60. The first-order valence-corrected chi connectivity index (χ1v) is 10.2. The molecule has 0 aliphatic carbocycles. The number of rotatable bonds is 4. The molecule has 4 amide bonds. The average molecular weight is 474 g/mol. The van der Waals surface area contributed by atoms with E-state index < -0.39 is 23.4 Å². The van der Waals surface area contributed by atoms with Crippen LogP contribution in [0.25, 0.3) is 0 Å². The van der Waals surface area contributed by atoms with Crippen molar-refractivity contribution in [2.75, 3.05) is 25.1 Å². The van der Waals surface area contributed by atoms with Crippen molar-refractivity contribution in [2.45, 2.75) is 19.4 Å². The number of hydrogen-bond acceptors (Lipinski definition) is 5. The molecule has 0 bridgehead atoms. The highest BCUT2D eigenvalue weighted by atomic mass is 79.9. The summed E-state index contributed by atoms with van der Waals surface area (Å²) < 4.78 is 12.0. The number of imide groups is 1. The largest absolute Gasteiger partial charge is 0.486 e. The van der Waals surface area contributed by atoms with E-state index in [2.05, 4.69) is 26.6 Å². The second kappa shape index (κ2) is 7.64. The second-order valence-electron chi connectivity index (χ2n) is 7.32. The molecule has 1 saturated heterocycles. The number of halogens is 1. The molecule has 1 fully saturated rings. The first-order chi connectivity index (χ1) is 14.3. The predicted octanol–water partition coefficient (Wildman–Crippen LogP) is 2.93. The van der Waals surface area contributed by atoms with E-state index >= 15 is 0 Å². The van der Waals surface area contributed by atoms with E-state index in [4.69, 9.17) is 9.47 Å². The van der Waals surface area contributed by atoms with E-state index in [0.29, 0.717) is 36.0 Å². The molecule has 1 atom stereocenters. The number of nitrogens with zero attached hydrogens (tertiary/aromatic N) is 1. The Balaban J connectivity index is 1.50. The van der Waals surface area contributed by atoms with Crippen LogP contribution in [0.5, 0.6) is 11.5 Å². The molecule has 2 heterocycles. The first kappa shape index (κ1) is 20.2. The number of anilines is 1. The lowest BCUT2D eigenvalue weighted by Crippen LogP contribution is -2.42. The van der Waals surface area contributed by atoms with Crippen LogP contribution in [-0.2, 0) is 15.1 Å². The smallest absolute Gasteiger partial charge is 0.325 e. The van der Waals surface area contributed by atoms with Crippen molar-refractivity contribution in [1.82, 2.24) is 10.2 Å². The molecule has 2 aliphatic heterocycles. The molecule has 2 aromatic rings. The molecule has 9 heteroatoms. The fraction of sp³-hybridized carbons (Fsp3) is 0.286. The zero-order valence-electron chi connectivity index (χ0n) is 16.5. The van der Waals surface area contributed by atoms with Crippen molar-refractivity contribution < 1.29 is 23.9 Å². The van der Waals surface area contributed by atoms with Crippen molar-refractivity contribution >= 4 is 39.5 Å². The van der Waals surface area contributed by atoms with Crippen LogP contribution in [0, 0.1) is 6.92 Å². The van der Waals surface area contributed by atoms with Gasteiger partial charge in [-0.25, -0.2) is 4.79 Å². The molecular formula is C21H20BrN3O5. The molecule has 4 rings (SSSR count). The molecule has 2 aromatic carbocycles. The number of urea groups is 1. The topological polar surface area (TPSA) is 97.0 Å². The summed E-state index contributed by atoms with van der Waals surface area (Å²) in [4.78, 5) is 39.0. The van der Waals surface area contributed by atoms with E-state index in [1.165, 1.54) is 0 Å². The van der Waals surface area contributed by atoms with Crippen LogP contribution in [-0.4, -0.2) is 42.5 Å². The molecule has 0 spiro atoms. The fourth-order valence-corrected chi connectivity index (χ4v) is 3.70. The van der Waals surface area contributed by atoms with E-state index in [1.807, 2.05) is 13.0 Å². The Hall–Kier alpha value is -3.07. The Morgan fingerprint density at radius 1 is 1.17 bits per heavy atom. The lowest BCUT2D eigenvalue weighted by atomic mass is 9.91. The molecule has 8 nitrogen and oxygen atoms in total. The molecule has 30 heavy (non-hydrogen) atoms. The molecule has 0 radical (unpaired) electrons. The zero-order chi connectivity index (χ0) is 21.5. The minimum Gasteiger partial charge on any atom is -0.486 e. The number of nitrogens with one attached hydrogen (secondary N) is 2. The summed E-state index contributed by atoms with van der Waals surface area (Å²) in [6, 6.07) is 9.82. The number of carbonyl (C=O) groups is 3. The monoisotopic (exact) mass is 473 g/mol. The van der Waals surface area contributed by atoms with E-state index in [9.17, 15) is 14.4 Å². The summed E-state index contributed by atoms with van der Waals surface area (Å²) in [5.74, 6) is 0.133. The molecule has 1 unspecified atom stereocenters. The van der Waals surface area contributed by atoms with Crippen molar-refractivity contribution in [2.24, 2.45) is 0 Å². The van der Waals surface area contributed by atoms with Gasteiger partial charge in [-0.15, -0.1) is 0 Å². The second-order valence-corrected chi connectivity index (χ2v) is 8.17. The van der Waals surface area contributed by atoms with Gasteiger partial charge in [-0.2, -0.15) is 0 Å². The van der Waals surface area contributed by atoms with E-state index in [1.54, 1.807) is 37.3 Å². The zero-order valence-corrected chi connectivity index (χ0v) is 18.0. The van der Waals surface area contributed by atoms with Gasteiger partial charge in [0.2, 0.25) is 5.91 Å². The standard InChI is InChI=1S/C21H20BrN3O5/c1-12-9-14(4-5-15(12)22)23-18(26)11-25-19(27)21(2,24-20(25)28)13-3-6-16-17(10-13)30-8-7-29-16/h3-6,9-10H,7-8,11H2,1-2H3,(H,23,26)(H,24,28). The summed E-state index contributed by atoms with van der Waals surface area (Å²) >= 11 is 3.40. The van der Waals surface area contributed by atoms with Crippen LogP contribution in [0.15, 0.2) is 40.9 Å². The summed E-state index contributed by atoms with van der Waals surface area (Å²) in [7, 11) is 0. The first-order valence-electron chi connectivity index (χ1n) is 9.38. The molecule has 156 valence electrons. The molecular weight excluding hydrogens is 454 g/mol. The average Bonchev–Trinajstić information content (AvgIpc) is 2.94. The normalized spacial score (nSPS) is 20.2. The van der Waals surface area contributed by atoms with Gasteiger partial charge in [-0.1, -0.05) is 22.0 Å². The summed E-state index contributed by atoms with van der Waals surface area (Å²) in [6.45, 7) is 3.99. The van der Waals surface area contributed by atoms with Crippen molar-refractivity contribution in [3.05, 3.63) is 52.0 Å². The highest BCUT2D eigenvalue weighted by Gasteiger charge is 2.49. The van der Waals surface area contributed by atoms with Crippen LogP contribution >= 0.6 is 15.9 Å². The third-order valence-electron chi connectivity index (χ3n) is 5.14. The number of carbonyl (C=O) groups excluding carboxylic acids is 3. The van der Waals surface area contributed by atoms with Gasteiger partial charge in [0.05, 0.1) is 0 Å². The predicted molar refractivity (Wildman–Crippen MR) is 113 cm³/mol. The maximum Gasteiger partial charge on any atom is 0.325 e. The van der Waals surface area contributed by atoms with E-state index in [-0.39, 0.29) is 6.54 Å². The lowest BCUT2D eigenvalue weighted by molar-refractivity contribution is -0.133. The fourth-order valence-electron chi connectivity index (χ4n) is 3.46. The van der Waals surface area contributed by atoms with Gasteiger partial charge in [0.25, 0.3) is 5.91 Å².